The minimum atomic E-state index is -1.03. The van der Waals surface area contributed by atoms with Crippen molar-refractivity contribution in [1.82, 2.24) is 15.6 Å². The van der Waals surface area contributed by atoms with E-state index in [0.29, 0.717) is 12.1 Å². The predicted octanol–water partition coefficient (Wildman–Crippen LogP) is 7.29. The number of alkyl carbamates (subject to hydrolysis) is 1. The Morgan fingerprint density at radius 1 is 0.956 bits per heavy atom. The van der Waals surface area contributed by atoms with Gasteiger partial charge in [-0.2, -0.15) is 0 Å². The molecule has 238 valence electrons. The maximum atomic E-state index is 14.1. The Balaban J connectivity index is 1.32. The number of benzene rings is 2. The second kappa shape index (κ2) is 13.4. The van der Waals surface area contributed by atoms with Crippen molar-refractivity contribution in [3.05, 3.63) is 72.4 Å². The molecule has 0 radical (unpaired) electrons. The van der Waals surface area contributed by atoms with Crippen LogP contribution in [0.2, 0.25) is 0 Å². The molecule has 2 aliphatic rings. The van der Waals surface area contributed by atoms with Gasteiger partial charge in [-0.05, 0) is 69.6 Å². The van der Waals surface area contributed by atoms with Crippen LogP contribution in [-0.2, 0) is 19.9 Å². The summed E-state index contributed by atoms with van der Waals surface area (Å²) in [5.74, 6) is 0.219. The summed E-state index contributed by atoms with van der Waals surface area (Å²) < 4.78 is 19.9. The molecule has 2 saturated carbocycles. The van der Waals surface area contributed by atoms with E-state index in [0.717, 1.165) is 53.6 Å². The molecule has 9 heteroatoms. The number of pyridine rings is 1. The Kier molecular flexibility index (Phi) is 9.56. The summed E-state index contributed by atoms with van der Waals surface area (Å²) in [6, 6.07) is 19.6. The number of ether oxygens (including phenoxy) is 1. The van der Waals surface area contributed by atoms with E-state index >= 15 is 0 Å². The van der Waals surface area contributed by atoms with Gasteiger partial charge in [-0.25, -0.2) is 9.18 Å². The Bertz CT molecular complexity index is 1510. The van der Waals surface area contributed by atoms with E-state index in [-0.39, 0.29) is 36.6 Å². The molecule has 0 atom stereocenters. The summed E-state index contributed by atoms with van der Waals surface area (Å²) in [5, 5.41) is 8.83. The molecule has 3 amide bonds. The Hall–Kier alpha value is -4.27. The van der Waals surface area contributed by atoms with Crippen LogP contribution in [0, 0.1) is 5.92 Å². The van der Waals surface area contributed by atoms with Gasteiger partial charge >= 0.3 is 6.09 Å². The molecule has 2 aromatic carbocycles. The molecule has 0 spiro atoms. The molecule has 8 nitrogen and oxygen atoms in total. The van der Waals surface area contributed by atoms with Crippen LogP contribution in [0.1, 0.15) is 78.2 Å². The maximum Gasteiger partial charge on any atom is 0.408 e. The molecule has 0 aliphatic heterocycles. The number of amides is 3. The van der Waals surface area contributed by atoms with Crippen LogP contribution in [-0.4, -0.2) is 40.6 Å². The standard InChI is InChI=1S/C36H43FN4O4/c1-23(42)39-29-16-10-24(11-17-29)18-32(43)40-30-19-31(25-8-6-5-7-9-25)33(38-22-30)26-12-14-27(15-13-26)36(20-28(37)21-36)45-34(44)41-35(2,3)4/h5-9,12-15,19,22,24,28-29H,10-11,16-18,20-21H2,1-4H3,(H,39,42)(H,40,43)(H,41,44). The van der Waals surface area contributed by atoms with Gasteiger partial charge in [0.1, 0.15) is 11.8 Å². The molecule has 45 heavy (non-hydrogen) atoms. The quantitative estimate of drug-likeness (QED) is 0.247. The topological polar surface area (TPSA) is 109 Å². The van der Waals surface area contributed by atoms with Gasteiger partial charge in [0, 0.05) is 48.9 Å². The van der Waals surface area contributed by atoms with Crippen molar-refractivity contribution in [2.75, 3.05) is 5.32 Å². The number of nitrogens with one attached hydrogen (secondary N) is 3. The lowest BCUT2D eigenvalue weighted by atomic mass is 9.73. The number of anilines is 1. The fourth-order valence-corrected chi connectivity index (χ4v) is 6.35. The molecule has 1 heterocycles. The third-order valence-corrected chi connectivity index (χ3v) is 8.54. The van der Waals surface area contributed by atoms with E-state index in [1.807, 2.05) is 81.4 Å². The summed E-state index contributed by atoms with van der Waals surface area (Å²) in [5.41, 5.74) is 3.26. The number of hydrogen-bond acceptors (Lipinski definition) is 5. The molecular formula is C36H43FN4O4. The molecule has 0 saturated heterocycles. The molecule has 1 aromatic heterocycles. The first-order valence-electron chi connectivity index (χ1n) is 15.8. The van der Waals surface area contributed by atoms with Crippen LogP contribution < -0.4 is 16.0 Å². The third-order valence-electron chi connectivity index (χ3n) is 8.54. The van der Waals surface area contributed by atoms with Gasteiger partial charge in [0.2, 0.25) is 11.8 Å². The molecule has 0 unspecified atom stereocenters. The minimum absolute atomic E-state index is 0.0100. The van der Waals surface area contributed by atoms with E-state index in [9.17, 15) is 18.8 Å². The number of aromatic nitrogens is 1. The highest BCUT2D eigenvalue weighted by atomic mass is 19.1. The van der Waals surface area contributed by atoms with Gasteiger partial charge in [0.15, 0.2) is 0 Å². The van der Waals surface area contributed by atoms with Crippen molar-refractivity contribution >= 4 is 23.6 Å². The summed E-state index contributed by atoms with van der Waals surface area (Å²) in [4.78, 5) is 41.7. The van der Waals surface area contributed by atoms with Crippen molar-refractivity contribution in [3.8, 4) is 22.4 Å². The fourth-order valence-electron chi connectivity index (χ4n) is 6.35. The second-order valence-corrected chi connectivity index (χ2v) is 13.5. The van der Waals surface area contributed by atoms with E-state index in [1.54, 1.807) is 6.20 Å². The van der Waals surface area contributed by atoms with Crippen molar-refractivity contribution < 1.29 is 23.5 Å². The normalized spacial score (nSPS) is 22.9. The smallest absolute Gasteiger partial charge is 0.408 e. The van der Waals surface area contributed by atoms with Crippen molar-refractivity contribution in [1.29, 1.82) is 0 Å². The molecule has 0 bridgehead atoms. The Labute approximate surface area is 264 Å². The zero-order chi connectivity index (χ0) is 32.2. The van der Waals surface area contributed by atoms with Gasteiger partial charge < -0.3 is 20.7 Å². The average molecular weight is 615 g/mol. The second-order valence-electron chi connectivity index (χ2n) is 13.5. The number of hydrogen-bond donors (Lipinski definition) is 3. The van der Waals surface area contributed by atoms with Crippen LogP contribution in [0.15, 0.2) is 66.9 Å². The molecule has 5 rings (SSSR count). The van der Waals surface area contributed by atoms with Crippen LogP contribution in [0.5, 0.6) is 0 Å². The minimum Gasteiger partial charge on any atom is -0.438 e. The largest absolute Gasteiger partial charge is 0.438 e. The number of halogens is 1. The number of alkyl halides is 1. The van der Waals surface area contributed by atoms with E-state index < -0.39 is 23.4 Å². The van der Waals surface area contributed by atoms with Crippen molar-refractivity contribution in [2.24, 2.45) is 5.92 Å². The van der Waals surface area contributed by atoms with Crippen LogP contribution >= 0.6 is 0 Å². The van der Waals surface area contributed by atoms with Crippen molar-refractivity contribution in [3.63, 3.8) is 0 Å². The first-order valence-corrected chi connectivity index (χ1v) is 15.8. The third kappa shape index (κ3) is 8.26. The van der Waals surface area contributed by atoms with Crippen LogP contribution in [0.3, 0.4) is 0 Å². The number of rotatable bonds is 8. The highest BCUT2D eigenvalue weighted by molar-refractivity contribution is 5.93. The highest BCUT2D eigenvalue weighted by Gasteiger charge is 2.50. The first kappa shape index (κ1) is 32.1. The monoisotopic (exact) mass is 614 g/mol. The molecular weight excluding hydrogens is 571 g/mol. The summed E-state index contributed by atoms with van der Waals surface area (Å²) in [6.07, 6.45) is 4.30. The zero-order valence-electron chi connectivity index (χ0n) is 26.5. The number of nitrogens with zero attached hydrogens (tertiary/aromatic N) is 1. The Morgan fingerprint density at radius 3 is 2.22 bits per heavy atom. The average Bonchev–Trinajstić information content (AvgIpc) is 2.96. The molecule has 2 fully saturated rings. The maximum absolute atomic E-state index is 14.1. The van der Waals surface area contributed by atoms with Crippen LogP contribution in [0.4, 0.5) is 14.9 Å². The van der Waals surface area contributed by atoms with Gasteiger partial charge in [0.25, 0.3) is 0 Å². The van der Waals surface area contributed by atoms with Gasteiger partial charge in [0.05, 0.1) is 17.6 Å². The predicted molar refractivity (Wildman–Crippen MR) is 173 cm³/mol. The van der Waals surface area contributed by atoms with E-state index in [2.05, 4.69) is 16.0 Å². The van der Waals surface area contributed by atoms with Gasteiger partial charge in [-0.1, -0.05) is 54.6 Å². The highest BCUT2D eigenvalue weighted by Crippen LogP contribution is 2.47. The SMILES string of the molecule is CC(=O)NC1CCC(CC(=O)Nc2cnc(-c3ccc(C4(OC(=O)NC(C)(C)C)CC(F)C4)cc3)c(-c3ccccc3)c2)CC1. The van der Waals surface area contributed by atoms with Gasteiger partial charge in [-0.15, -0.1) is 0 Å². The fraction of sp³-hybridized carbons (Fsp3) is 0.444. The first-order chi connectivity index (χ1) is 21.4. The van der Waals surface area contributed by atoms with Crippen molar-refractivity contribution in [2.45, 2.75) is 96.0 Å². The number of carbonyl (C=O) groups is 3. The van der Waals surface area contributed by atoms with E-state index in [1.165, 1.54) is 6.92 Å². The molecule has 3 N–H and O–H groups in total. The lowest BCUT2D eigenvalue weighted by molar-refractivity contribution is -0.120. The Morgan fingerprint density at radius 2 is 1.62 bits per heavy atom. The molecule has 3 aromatic rings. The molecule has 2 aliphatic carbocycles. The lowest BCUT2D eigenvalue weighted by Crippen LogP contribution is -2.50. The van der Waals surface area contributed by atoms with Gasteiger partial charge in [-0.3, -0.25) is 14.6 Å². The van der Waals surface area contributed by atoms with E-state index in [4.69, 9.17) is 9.72 Å². The number of carbonyl (C=O) groups excluding carboxylic acids is 3. The zero-order valence-corrected chi connectivity index (χ0v) is 26.5. The summed E-state index contributed by atoms with van der Waals surface area (Å²) >= 11 is 0. The summed E-state index contributed by atoms with van der Waals surface area (Å²) in [7, 11) is 0. The summed E-state index contributed by atoms with van der Waals surface area (Å²) in [6.45, 7) is 7.13. The van der Waals surface area contributed by atoms with Crippen LogP contribution in [0.25, 0.3) is 22.4 Å². The lowest BCUT2D eigenvalue weighted by Gasteiger charge is -2.44.